The molecular formula is C15H25N3. The second-order valence-corrected chi connectivity index (χ2v) is 5.56. The Kier molecular flexibility index (Phi) is 4.72. The molecule has 1 atom stereocenters. The van der Waals surface area contributed by atoms with Gasteiger partial charge in [-0.25, -0.2) is 0 Å². The Balaban J connectivity index is 2.08. The van der Waals surface area contributed by atoms with Crippen LogP contribution in [0, 0.1) is 5.92 Å². The summed E-state index contributed by atoms with van der Waals surface area (Å²) >= 11 is 0. The average molecular weight is 247 g/mol. The van der Waals surface area contributed by atoms with Gasteiger partial charge in [-0.1, -0.05) is 6.07 Å². The molecule has 1 aromatic rings. The molecule has 0 spiro atoms. The van der Waals surface area contributed by atoms with Crippen LogP contribution in [0.3, 0.4) is 0 Å². The van der Waals surface area contributed by atoms with Crippen LogP contribution in [0.1, 0.15) is 37.4 Å². The van der Waals surface area contributed by atoms with Crippen LogP contribution in [0.25, 0.3) is 0 Å². The Morgan fingerprint density at radius 2 is 1.94 bits per heavy atom. The fourth-order valence-corrected chi connectivity index (χ4v) is 3.20. The number of nitrogens with one attached hydrogen (secondary N) is 1. The summed E-state index contributed by atoms with van der Waals surface area (Å²) in [5.74, 6) is 0.736. The highest BCUT2D eigenvalue weighted by atomic mass is 15.1. The summed E-state index contributed by atoms with van der Waals surface area (Å²) < 4.78 is 0. The summed E-state index contributed by atoms with van der Waals surface area (Å²) in [6, 6.07) is 7.43. The van der Waals surface area contributed by atoms with Crippen molar-refractivity contribution < 1.29 is 0 Å². The smallest absolute Gasteiger partial charge is 0.0577 e. The molecule has 0 bridgehead atoms. The van der Waals surface area contributed by atoms with E-state index < -0.39 is 0 Å². The minimum absolute atomic E-state index is 0.462. The highest BCUT2D eigenvalue weighted by Gasteiger charge is 2.30. The molecule has 100 valence electrons. The van der Waals surface area contributed by atoms with Crippen molar-refractivity contribution in [3.63, 3.8) is 0 Å². The SMILES string of the molecule is CNC1CCC(C(c2ccccn2)N(C)C)CC1. The summed E-state index contributed by atoms with van der Waals surface area (Å²) in [4.78, 5) is 6.88. The van der Waals surface area contributed by atoms with Crippen LogP contribution in [0.15, 0.2) is 24.4 Å². The molecule has 1 fully saturated rings. The maximum atomic E-state index is 4.56. The van der Waals surface area contributed by atoms with Gasteiger partial charge < -0.3 is 10.2 Å². The van der Waals surface area contributed by atoms with Crippen LogP contribution in [0.4, 0.5) is 0 Å². The molecule has 0 radical (unpaired) electrons. The van der Waals surface area contributed by atoms with E-state index in [1.165, 1.54) is 31.4 Å². The molecule has 0 aromatic carbocycles. The standard InChI is InChI=1S/C15H25N3/c1-16-13-9-7-12(8-10-13)15(18(2)3)14-6-4-5-11-17-14/h4-6,11-13,15-16H,7-10H2,1-3H3. The molecule has 2 rings (SSSR count). The van der Waals surface area contributed by atoms with Crippen molar-refractivity contribution in [3.05, 3.63) is 30.1 Å². The molecule has 1 saturated carbocycles. The zero-order valence-corrected chi connectivity index (χ0v) is 11.8. The third-order valence-corrected chi connectivity index (χ3v) is 4.17. The minimum Gasteiger partial charge on any atom is -0.317 e. The van der Waals surface area contributed by atoms with Crippen molar-refractivity contribution in [2.45, 2.75) is 37.8 Å². The summed E-state index contributed by atoms with van der Waals surface area (Å²) in [6.07, 6.45) is 7.08. The molecule has 1 heterocycles. The minimum atomic E-state index is 0.462. The molecule has 0 amide bonds. The van der Waals surface area contributed by atoms with Gasteiger partial charge in [0.2, 0.25) is 0 Å². The highest BCUT2D eigenvalue weighted by molar-refractivity contribution is 5.10. The lowest BCUT2D eigenvalue weighted by atomic mass is 9.80. The van der Waals surface area contributed by atoms with Crippen molar-refractivity contribution in [1.82, 2.24) is 15.2 Å². The van der Waals surface area contributed by atoms with Gasteiger partial charge in [0.1, 0.15) is 0 Å². The Bertz CT molecular complexity index is 342. The topological polar surface area (TPSA) is 28.2 Å². The first-order chi connectivity index (χ1) is 8.72. The lowest BCUT2D eigenvalue weighted by molar-refractivity contribution is 0.155. The van der Waals surface area contributed by atoms with Crippen molar-refractivity contribution in [2.24, 2.45) is 5.92 Å². The van der Waals surface area contributed by atoms with Crippen LogP contribution >= 0.6 is 0 Å². The van der Waals surface area contributed by atoms with Gasteiger partial charge in [-0.15, -0.1) is 0 Å². The summed E-state index contributed by atoms with van der Waals surface area (Å²) in [7, 11) is 6.42. The Hall–Kier alpha value is -0.930. The van der Waals surface area contributed by atoms with Crippen LogP contribution in [0.2, 0.25) is 0 Å². The monoisotopic (exact) mass is 247 g/mol. The molecule has 1 aromatic heterocycles. The first-order valence-corrected chi connectivity index (χ1v) is 6.97. The van der Waals surface area contributed by atoms with E-state index in [1.807, 2.05) is 12.3 Å². The van der Waals surface area contributed by atoms with Crippen LogP contribution in [-0.2, 0) is 0 Å². The Labute approximate surface area is 111 Å². The maximum Gasteiger partial charge on any atom is 0.0577 e. The summed E-state index contributed by atoms with van der Waals surface area (Å²) in [5.41, 5.74) is 1.22. The van der Waals surface area contributed by atoms with Crippen molar-refractivity contribution in [3.8, 4) is 0 Å². The van der Waals surface area contributed by atoms with E-state index in [2.05, 4.69) is 48.5 Å². The number of aromatic nitrogens is 1. The summed E-state index contributed by atoms with van der Waals surface area (Å²) in [5, 5.41) is 3.40. The van der Waals surface area contributed by atoms with E-state index in [-0.39, 0.29) is 0 Å². The van der Waals surface area contributed by atoms with Gasteiger partial charge in [-0.05, 0) is 64.9 Å². The molecule has 3 nitrogen and oxygen atoms in total. The van der Waals surface area contributed by atoms with Gasteiger partial charge in [0.15, 0.2) is 0 Å². The van der Waals surface area contributed by atoms with Gasteiger partial charge in [0, 0.05) is 12.2 Å². The third-order valence-electron chi connectivity index (χ3n) is 4.17. The lowest BCUT2D eigenvalue weighted by Crippen LogP contribution is -2.35. The van der Waals surface area contributed by atoms with Gasteiger partial charge in [-0.3, -0.25) is 4.98 Å². The first-order valence-electron chi connectivity index (χ1n) is 6.97. The maximum absolute atomic E-state index is 4.56. The molecular weight excluding hydrogens is 222 g/mol. The van der Waals surface area contributed by atoms with Crippen molar-refractivity contribution >= 4 is 0 Å². The first kappa shape index (κ1) is 13.5. The second kappa shape index (κ2) is 6.30. The van der Waals surface area contributed by atoms with Gasteiger partial charge >= 0.3 is 0 Å². The lowest BCUT2D eigenvalue weighted by Gasteiger charge is -2.36. The van der Waals surface area contributed by atoms with E-state index in [0.29, 0.717) is 12.1 Å². The second-order valence-electron chi connectivity index (χ2n) is 5.56. The molecule has 1 aliphatic rings. The van der Waals surface area contributed by atoms with E-state index in [4.69, 9.17) is 0 Å². The average Bonchev–Trinajstić information content (AvgIpc) is 2.40. The van der Waals surface area contributed by atoms with E-state index in [0.717, 1.165) is 5.92 Å². The van der Waals surface area contributed by atoms with Crippen LogP contribution in [0.5, 0.6) is 0 Å². The Morgan fingerprint density at radius 1 is 1.22 bits per heavy atom. The molecule has 1 aliphatic carbocycles. The molecule has 0 aliphatic heterocycles. The largest absolute Gasteiger partial charge is 0.317 e. The highest BCUT2D eigenvalue weighted by Crippen LogP contribution is 2.36. The predicted molar refractivity (Wildman–Crippen MR) is 75.5 cm³/mol. The molecule has 1 unspecified atom stereocenters. The normalized spacial score (nSPS) is 26.2. The molecule has 18 heavy (non-hydrogen) atoms. The molecule has 1 N–H and O–H groups in total. The van der Waals surface area contributed by atoms with Crippen molar-refractivity contribution in [2.75, 3.05) is 21.1 Å². The number of rotatable bonds is 4. The van der Waals surface area contributed by atoms with Crippen LogP contribution in [-0.4, -0.2) is 37.1 Å². The van der Waals surface area contributed by atoms with E-state index in [9.17, 15) is 0 Å². The zero-order chi connectivity index (χ0) is 13.0. The fourth-order valence-electron chi connectivity index (χ4n) is 3.20. The van der Waals surface area contributed by atoms with Gasteiger partial charge in [0.05, 0.1) is 11.7 Å². The number of hydrogen-bond donors (Lipinski definition) is 1. The predicted octanol–water partition coefficient (Wildman–Crippen LogP) is 2.46. The van der Waals surface area contributed by atoms with E-state index in [1.54, 1.807) is 0 Å². The van der Waals surface area contributed by atoms with Crippen LogP contribution < -0.4 is 5.32 Å². The fraction of sp³-hybridized carbons (Fsp3) is 0.667. The zero-order valence-electron chi connectivity index (χ0n) is 11.8. The number of hydrogen-bond acceptors (Lipinski definition) is 3. The van der Waals surface area contributed by atoms with Gasteiger partial charge in [0.25, 0.3) is 0 Å². The molecule has 0 saturated heterocycles. The van der Waals surface area contributed by atoms with E-state index >= 15 is 0 Å². The molecule has 3 heteroatoms. The Morgan fingerprint density at radius 3 is 2.44 bits per heavy atom. The quantitative estimate of drug-likeness (QED) is 0.886. The third kappa shape index (κ3) is 3.09. The van der Waals surface area contributed by atoms with Gasteiger partial charge in [-0.2, -0.15) is 0 Å². The van der Waals surface area contributed by atoms with Crippen molar-refractivity contribution in [1.29, 1.82) is 0 Å². The summed E-state index contributed by atoms with van der Waals surface area (Å²) in [6.45, 7) is 0. The number of pyridine rings is 1. The number of nitrogens with zero attached hydrogens (tertiary/aromatic N) is 2.